The SMILES string of the molecule is CN(C#N)CCCc1cccc(Oc2ccc(C(F)(F)F)cc2)c1. The Morgan fingerprint density at radius 2 is 1.79 bits per heavy atom. The van der Waals surface area contributed by atoms with Crippen LogP contribution in [0, 0.1) is 11.5 Å². The van der Waals surface area contributed by atoms with Crippen LogP contribution in [0.5, 0.6) is 11.5 Å². The van der Waals surface area contributed by atoms with Gasteiger partial charge in [-0.15, -0.1) is 0 Å². The maximum absolute atomic E-state index is 12.5. The third-order valence-electron chi connectivity index (χ3n) is 3.45. The molecule has 0 saturated carbocycles. The third-order valence-corrected chi connectivity index (χ3v) is 3.45. The van der Waals surface area contributed by atoms with Gasteiger partial charge < -0.3 is 9.64 Å². The molecule has 0 radical (unpaired) electrons. The van der Waals surface area contributed by atoms with E-state index < -0.39 is 11.7 Å². The Balaban J connectivity index is 1.98. The van der Waals surface area contributed by atoms with Gasteiger partial charge in [0.25, 0.3) is 0 Å². The number of nitriles is 1. The Labute approximate surface area is 138 Å². The number of benzene rings is 2. The Bertz CT molecular complexity index is 705. The van der Waals surface area contributed by atoms with Crippen LogP contribution >= 0.6 is 0 Å². The van der Waals surface area contributed by atoms with Gasteiger partial charge in [-0.05, 0) is 54.8 Å². The fraction of sp³-hybridized carbons (Fsp3) is 0.278. The van der Waals surface area contributed by atoms with Crippen LogP contribution in [0.4, 0.5) is 13.2 Å². The van der Waals surface area contributed by atoms with Gasteiger partial charge in [0.2, 0.25) is 0 Å². The molecule has 0 bridgehead atoms. The molecule has 0 fully saturated rings. The summed E-state index contributed by atoms with van der Waals surface area (Å²) in [5, 5.41) is 8.70. The van der Waals surface area contributed by atoms with E-state index in [0.717, 1.165) is 30.5 Å². The van der Waals surface area contributed by atoms with Crippen molar-refractivity contribution in [2.75, 3.05) is 13.6 Å². The maximum Gasteiger partial charge on any atom is 0.416 e. The first-order chi connectivity index (χ1) is 11.4. The van der Waals surface area contributed by atoms with Gasteiger partial charge in [-0.1, -0.05) is 12.1 Å². The van der Waals surface area contributed by atoms with E-state index in [-0.39, 0.29) is 0 Å². The van der Waals surface area contributed by atoms with Crippen molar-refractivity contribution in [3.8, 4) is 17.7 Å². The molecule has 0 amide bonds. The molecule has 0 atom stereocenters. The molecular weight excluding hydrogens is 317 g/mol. The number of hydrogen-bond acceptors (Lipinski definition) is 3. The molecule has 2 aromatic carbocycles. The lowest BCUT2D eigenvalue weighted by molar-refractivity contribution is -0.137. The highest BCUT2D eigenvalue weighted by Gasteiger charge is 2.30. The first-order valence-corrected chi connectivity index (χ1v) is 7.43. The molecule has 126 valence electrons. The Kier molecular flexibility index (Phi) is 5.69. The van der Waals surface area contributed by atoms with Crippen LogP contribution in [0.2, 0.25) is 0 Å². The summed E-state index contributed by atoms with van der Waals surface area (Å²) >= 11 is 0. The lowest BCUT2D eigenvalue weighted by Gasteiger charge is -2.11. The van der Waals surface area contributed by atoms with E-state index in [1.165, 1.54) is 12.1 Å². The van der Waals surface area contributed by atoms with Crippen molar-refractivity contribution in [2.45, 2.75) is 19.0 Å². The van der Waals surface area contributed by atoms with Gasteiger partial charge in [-0.2, -0.15) is 18.4 Å². The second-order valence-electron chi connectivity index (χ2n) is 5.40. The molecule has 0 aliphatic heterocycles. The molecule has 0 heterocycles. The smallest absolute Gasteiger partial charge is 0.416 e. The fourth-order valence-electron chi connectivity index (χ4n) is 2.18. The summed E-state index contributed by atoms with van der Waals surface area (Å²) in [5.74, 6) is 0.922. The Morgan fingerprint density at radius 1 is 1.08 bits per heavy atom. The molecule has 6 heteroatoms. The van der Waals surface area contributed by atoms with Crippen LogP contribution in [-0.4, -0.2) is 18.5 Å². The molecule has 0 unspecified atom stereocenters. The average molecular weight is 334 g/mol. The highest BCUT2D eigenvalue weighted by atomic mass is 19.4. The van der Waals surface area contributed by atoms with E-state index >= 15 is 0 Å². The molecule has 3 nitrogen and oxygen atoms in total. The summed E-state index contributed by atoms with van der Waals surface area (Å²) in [5.41, 5.74) is 0.343. The molecule has 0 N–H and O–H groups in total. The number of aryl methyl sites for hydroxylation is 1. The quantitative estimate of drug-likeness (QED) is 0.560. The minimum absolute atomic E-state index is 0.351. The normalized spacial score (nSPS) is 11.0. The van der Waals surface area contributed by atoms with Crippen molar-refractivity contribution in [2.24, 2.45) is 0 Å². The van der Waals surface area contributed by atoms with Crippen LogP contribution in [0.1, 0.15) is 17.5 Å². The van der Waals surface area contributed by atoms with Crippen molar-refractivity contribution < 1.29 is 17.9 Å². The van der Waals surface area contributed by atoms with Gasteiger partial charge in [-0.3, -0.25) is 0 Å². The summed E-state index contributed by atoms with van der Waals surface area (Å²) < 4.78 is 43.2. The monoisotopic (exact) mass is 334 g/mol. The molecule has 0 aromatic heterocycles. The predicted octanol–water partition coefficient (Wildman–Crippen LogP) is 4.84. The second kappa shape index (κ2) is 7.73. The molecule has 0 spiro atoms. The summed E-state index contributed by atoms with van der Waals surface area (Å²) in [6.07, 6.45) is -0.698. The van der Waals surface area contributed by atoms with Crippen molar-refractivity contribution in [1.82, 2.24) is 4.90 Å². The van der Waals surface area contributed by atoms with Crippen molar-refractivity contribution in [3.63, 3.8) is 0 Å². The molecule has 2 aromatic rings. The highest BCUT2D eigenvalue weighted by Crippen LogP contribution is 2.31. The zero-order chi connectivity index (χ0) is 17.6. The van der Waals surface area contributed by atoms with Gasteiger partial charge in [0, 0.05) is 13.6 Å². The fourth-order valence-corrected chi connectivity index (χ4v) is 2.18. The van der Waals surface area contributed by atoms with Crippen molar-refractivity contribution >= 4 is 0 Å². The van der Waals surface area contributed by atoms with E-state index in [1.54, 1.807) is 18.0 Å². The number of alkyl halides is 3. The Morgan fingerprint density at radius 3 is 2.42 bits per heavy atom. The topological polar surface area (TPSA) is 36.3 Å². The number of halogens is 3. The lowest BCUT2D eigenvalue weighted by Crippen LogP contribution is -2.12. The maximum atomic E-state index is 12.5. The number of hydrogen-bond donors (Lipinski definition) is 0. The first kappa shape index (κ1) is 17.7. The minimum atomic E-state index is -4.35. The molecule has 0 aliphatic carbocycles. The van der Waals surface area contributed by atoms with Gasteiger partial charge in [-0.25, -0.2) is 0 Å². The van der Waals surface area contributed by atoms with E-state index in [1.807, 2.05) is 24.4 Å². The molecule has 0 saturated heterocycles. The van der Waals surface area contributed by atoms with E-state index in [0.29, 0.717) is 18.0 Å². The summed E-state index contributed by atoms with van der Waals surface area (Å²) in [6, 6.07) is 12.0. The number of nitrogens with zero attached hydrogens (tertiary/aromatic N) is 2. The van der Waals surface area contributed by atoms with Gasteiger partial charge >= 0.3 is 6.18 Å². The average Bonchev–Trinajstić information content (AvgIpc) is 2.55. The number of rotatable bonds is 6. The van der Waals surface area contributed by atoms with E-state index in [9.17, 15) is 13.2 Å². The van der Waals surface area contributed by atoms with Gasteiger partial charge in [0.05, 0.1) is 5.56 Å². The first-order valence-electron chi connectivity index (χ1n) is 7.43. The van der Waals surface area contributed by atoms with Crippen LogP contribution in [0.15, 0.2) is 48.5 Å². The summed E-state index contributed by atoms with van der Waals surface area (Å²) in [6.45, 7) is 0.667. The summed E-state index contributed by atoms with van der Waals surface area (Å²) in [4.78, 5) is 1.56. The minimum Gasteiger partial charge on any atom is -0.457 e. The molecule has 24 heavy (non-hydrogen) atoms. The zero-order valence-corrected chi connectivity index (χ0v) is 13.2. The number of ether oxygens (including phenoxy) is 1. The van der Waals surface area contributed by atoms with Crippen LogP contribution in [0.25, 0.3) is 0 Å². The van der Waals surface area contributed by atoms with Gasteiger partial charge in [0.1, 0.15) is 11.5 Å². The van der Waals surface area contributed by atoms with Crippen LogP contribution in [0.3, 0.4) is 0 Å². The molecular formula is C18H17F3N2O. The highest BCUT2D eigenvalue weighted by molar-refractivity contribution is 5.35. The largest absolute Gasteiger partial charge is 0.457 e. The van der Waals surface area contributed by atoms with Gasteiger partial charge in [0.15, 0.2) is 6.19 Å². The molecule has 0 aliphatic rings. The third kappa shape index (κ3) is 5.20. The van der Waals surface area contributed by atoms with E-state index in [2.05, 4.69) is 0 Å². The van der Waals surface area contributed by atoms with Crippen LogP contribution in [-0.2, 0) is 12.6 Å². The van der Waals surface area contributed by atoms with Crippen LogP contribution < -0.4 is 4.74 Å². The predicted molar refractivity (Wildman–Crippen MR) is 84.5 cm³/mol. The lowest BCUT2D eigenvalue weighted by atomic mass is 10.1. The van der Waals surface area contributed by atoms with E-state index in [4.69, 9.17) is 10.00 Å². The van der Waals surface area contributed by atoms with Crippen molar-refractivity contribution in [3.05, 3.63) is 59.7 Å². The Hall–Kier alpha value is -2.68. The second-order valence-corrected chi connectivity index (χ2v) is 5.40. The molecule has 2 rings (SSSR count). The summed E-state index contributed by atoms with van der Waals surface area (Å²) in [7, 11) is 1.73. The zero-order valence-electron chi connectivity index (χ0n) is 13.2. The standard InChI is InChI=1S/C18H17F3N2O/c1-23(13-22)11-3-5-14-4-2-6-17(12-14)24-16-9-7-15(8-10-16)18(19,20)21/h2,4,6-10,12H,3,5,11H2,1H3. The van der Waals surface area contributed by atoms with Crippen molar-refractivity contribution in [1.29, 1.82) is 5.26 Å².